The summed E-state index contributed by atoms with van der Waals surface area (Å²) in [7, 11) is 0. The first-order valence-electron chi connectivity index (χ1n) is 37.9. The number of hydrogen-bond acceptors (Lipinski definition) is 8. The topological polar surface area (TPSA) is 105 Å². The lowest BCUT2D eigenvalue weighted by molar-refractivity contribution is -0.135. The molecule has 0 aromatic heterocycles. The summed E-state index contributed by atoms with van der Waals surface area (Å²) in [4.78, 5) is 55.3. The molecule has 8 heteroatoms. The standard InChI is InChI=1S/C80H130O8/c1-5-9-13-17-21-25-29-33-37-41-45-49-53-57-75(81)85-71-65-72(86-76(82)58-54-50-46-42-38-34-30-26-22-18-14-10-6-2)68-63-64-70-74(88-78(84)60-56-52-48-44-40-36-32-28-24-20-16-12-8-4)66-73(69-62-61-67(71)79(68)80(69)70)87-77(83)59-55-51-47-43-39-35-31-27-23-19-15-11-7-3/h61-66H,5-60H2,1-4H3. The lowest BCUT2D eigenvalue weighted by Crippen LogP contribution is -2.12. The van der Waals surface area contributed by atoms with Crippen molar-refractivity contribution in [3.8, 4) is 23.0 Å². The minimum absolute atomic E-state index is 0.284. The van der Waals surface area contributed by atoms with E-state index in [2.05, 4.69) is 27.7 Å². The summed E-state index contributed by atoms with van der Waals surface area (Å²) in [6.07, 6.45) is 64.6. The van der Waals surface area contributed by atoms with Crippen LogP contribution in [0.15, 0.2) is 36.4 Å². The molecule has 0 fully saturated rings. The van der Waals surface area contributed by atoms with Gasteiger partial charge in [-0.15, -0.1) is 0 Å². The van der Waals surface area contributed by atoms with Crippen molar-refractivity contribution in [2.24, 2.45) is 0 Å². The van der Waals surface area contributed by atoms with Gasteiger partial charge in [-0.05, 0) is 49.9 Å². The zero-order chi connectivity index (χ0) is 62.8. The van der Waals surface area contributed by atoms with Crippen molar-refractivity contribution in [1.82, 2.24) is 0 Å². The molecule has 0 radical (unpaired) electrons. The molecule has 0 saturated carbocycles. The van der Waals surface area contributed by atoms with E-state index in [1.165, 1.54) is 257 Å². The van der Waals surface area contributed by atoms with Gasteiger partial charge in [0.15, 0.2) is 0 Å². The van der Waals surface area contributed by atoms with Gasteiger partial charge in [0.25, 0.3) is 0 Å². The lowest BCUT2D eigenvalue weighted by atomic mass is 9.92. The van der Waals surface area contributed by atoms with E-state index in [9.17, 15) is 19.2 Å². The second-order valence-electron chi connectivity index (χ2n) is 26.7. The molecule has 0 heterocycles. The zero-order valence-electron chi connectivity index (χ0n) is 57.3. The van der Waals surface area contributed by atoms with E-state index < -0.39 is 0 Å². The number of unbranched alkanes of at least 4 members (excludes halogenated alkanes) is 48. The van der Waals surface area contributed by atoms with Crippen LogP contribution in [-0.4, -0.2) is 23.9 Å². The molecule has 0 spiro atoms. The van der Waals surface area contributed by atoms with Crippen molar-refractivity contribution >= 4 is 56.2 Å². The molecule has 4 aromatic rings. The lowest BCUT2D eigenvalue weighted by Gasteiger charge is -2.20. The summed E-state index contributed by atoms with van der Waals surface area (Å²) < 4.78 is 25.2. The molecule has 88 heavy (non-hydrogen) atoms. The van der Waals surface area contributed by atoms with Crippen LogP contribution in [0.4, 0.5) is 0 Å². The van der Waals surface area contributed by atoms with Crippen LogP contribution in [0, 0.1) is 0 Å². The average molecular weight is 1220 g/mol. The van der Waals surface area contributed by atoms with Crippen LogP contribution in [0.25, 0.3) is 32.3 Å². The molecule has 0 amide bonds. The fourth-order valence-corrected chi connectivity index (χ4v) is 13.0. The van der Waals surface area contributed by atoms with E-state index in [4.69, 9.17) is 18.9 Å². The van der Waals surface area contributed by atoms with Gasteiger partial charge in [0, 0.05) is 70.1 Å². The van der Waals surface area contributed by atoms with Crippen LogP contribution in [0.5, 0.6) is 23.0 Å². The first-order valence-corrected chi connectivity index (χ1v) is 37.9. The Bertz CT molecular complexity index is 2080. The first kappa shape index (κ1) is 76.3. The fourth-order valence-electron chi connectivity index (χ4n) is 13.0. The first-order chi connectivity index (χ1) is 43.3. The molecule has 4 rings (SSSR count). The van der Waals surface area contributed by atoms with E-state index >= 15 is 0 Å². The molecular weight excluding hydrogens is 1090 g/mol. The van der Waals surface area contributed by atoms with Crippen molar-refractivity contribution in [3.05, 3.63) is 36.4 Å². The smallest absolute Gasteiger partial charge is 0.311 e. The molecule has 498 valence electrons. The summed E-state index contributed by atoms with van der Waals surface area (Å²) in [5.74, 6) is -0.0406. The largest absolute Gasteiger partial charge is 0.426 e. The van der Waals surface area contributed by atoms with Crippen molar-refractivity contribution in [2.45, 2.75) is 387 Å². The molecule has 0 aliphatic heterocycles. The number of carbonyl (C=O) groups excluding carboxylic acids is 4. The highest BCUT2D eigenvalue weighted by Crippen LogP contribution is 2.48. The molecule has 0 bridgehead atoms. The third-order valence-electron chi connectivity index (χ3n) is 18.6. The Balaban J connectivity index is 1.50. The zero-order valence-corrected chi connectivity index (χ0v) is 57.3. The Morgan fingerprint density at radius 1 is 0.216 bits per heavy atom. The van der Waals surface area contributed by atoms with Gasteiger partial charge in [0.1, 0.15) is 23.0 Å². The summed E-state index contributed by atoms with van der Waals surface area (Å²) in [6, 6.07) is 11.1. The summed E-state index contributed by atoms with van der Waals surface area (Å²) >= 11 is 0. The van der Waals surface area contributed by atoms with Crippen LogP contribution in [-0.2, 0) is 19.2 Å². The molecule has 0 aliphatic carbocycles. The Morgan fingerprint density at radius 2 is 0.352 bits per heavy atom. The number of hydrogen-bond donors (Lipinski definition) is 0. The minimum atomic E-state index is -0.326. The van der Waals surface area contributed by atoms with Gasteiger partial charge in [-0.25, -0.2) is 0 Å². The van der Waals surface area contributed by atoms with Gasteiger partial charge in [-0.2, -0.15) is 0 Å². The highest BCUT2D eigenvalue weighted by molar-refractivity contribution is 6.28. The van der Waals surface area contributed by atoms with Crippen molar-refractivity contribution in [3.63, 3.8) is 0 Å². The predicted molar refractivity (Wildman–Crippen MR) is 374 cm³/mol. The number of esters is 4. The van der Waals surface area contributed by atoms with E-state index in [1.807, 2.05) is 24.3 Å². The Hall–Kier alpha value is -4.20. The van der Waals surface area contributed by atoms with Gasteiger partial charge < -0.3 is 18.9 Å². The van der Waals surface area contributed by atoms with Crippen LogP contribution in [0.3, 0.4) is 0 Å². The Labute approximate surface area is 538 Å². The molecule has 4 aromatic carbocycles. The number of ether oxygens (including phenoxy) is 4. The maximum absolute atomic E-state index is 13.8. The molecule has 0 N–H and O–H groups in total. The van der Waals surface area contributed by atoms with Gasteiger partial charge in [-0.3, -0.25) is 19.2 Å². The second kappa shape index (κ2) is 51.4. The highest BCUT2D eigenvalue weighted by atomic mass is 16.6. The fraction of sp³-hybridized carbons (Fsp3) is 0.750. The highest BCUT2D eigenvalue weighted by Gasteiger charge is 2.25. The maximum atomic E-state index is 13.8. The van der Waals surface area contributed by atoms with Gasteiger partial charge in [-0.1, -0.05) is 336 Å². The molecule has 0 saturated heterocycles. The van der Waals surface area contributed by atoms with Crippen LogP contribution < -0.4 is 18.9 Å². The van der Waals surface area contributed by atoms with Gasteiger partial charge in [0.2, 0.25) is 0 Å². The van der Waals surface area contributed by atoms with E-state index in [1.54, 1.807) is 12.1 Å². The summed E-state index contributed by atoms with van der Waals surface area (Å²) in [5, 5.41) is 4.08. The molecule has 8 nitrogen and oxygen atoms in total. The normalized spacial score (nSPS) is 11.6. The van der Waals surface area contributed by atoms with E-state index in [-0.39, 0.29) is 49.6 Å². The molecular formula is C80H130O8. The summed E-state index contributed by atoms with van der Waals surface area (Å²) in [5.41, 5.74) is 0. The van der Waals surface area contributed by atoms with E-state index in [0.717, 1.165) is 77.0 Å². The monoisotopic (exact) mass is 1220 g/mol. The maximum Gasteiger partial charge on any atom is 0.311 e. The predicted octanol–water partition coefficient (Wildman–Crippen LogP) is 26.1. The van der Waals surface area contributed by atoms with Crippen molar-refractivity contribution < 1.29 is 38.1 Å². The van der Waals surface area contributed by atoms with Crippen LogP contribution >= 0.6 is 0 Å². The van der Waals surface area contributed by atoms with Gasteiger partial charge in [0.05, 0.1) is 0 Å². The van der Waals surface area contributed by atoms with Crippen molar-refractivity contribution in [1.29, 1.82) is 0 Å². The summed E-state index contributed by atoms with van der Waals surface area (Å²) in [6.45, 7) is 9.07. The molecule has 0 atom stereocenters. The van der Waals surface area contributed by atoms with Gasteiger partial charge >= 0.3 is 23.9 Å². The van der Waals surface area contributed by atoms with E-state index in [0.29, 0.717) is 55.3 Å². The Kier molecular flexibility index (Phi) is 44.6. The minimum Gasteiger partial charge on any atom is -0.426 e. The third kappa shape index (κ3) is 33.7. The van der Waals surface area contributed by atoms with Crippen molar-refractivity contribution in [2.75, 3.05) is 0 Å². The SMILES string of the molecule is CCCCCCCCCCCCCCCC(=O)Oc1cc(OC(=O)CCCCCCCCCCCCCCC)c2ccc3c(OC(=O)CCCCCCCCCCCCCCC)cc(OC(=O)CCCCCCCCCCCCCCC)c4ccc1c2c43. The third-order valence-corrected chi connectivity index (χ3v) is 18.6. The number of benzene rings is 4. The molecule has 0 aliphatic rings. The van der Waals surface area contributed by atoms with Crippen LogP contribution in [0.2, 0.25) is 0 Å². The quantitative estimate of drug-likeness (QED) is 0.0186. The molecule has 0 unspecified atom stereocenters. The van der Waals surface area contributed by atoms with Crippen LogP contribution in [0.1, 0.15) is 387 Å². The number of carbonyl (C=O) groups is 4. The average Bonchev–Trinajstić information content (AvgIpc) is 1.39. The Morgan fingerprint density at radius 3 is 0.500 bits per heavy atom. The second-order valence-corrected chi connectivity index (χ2v) is 26.7. The number of rotatable bonds is 60.